The maximum atomic E-state index is 12.3. The third-order valence-electron chi connectivity index (χ3n) is 3.30. The van der Waals surface area contributed by atoms with Gasteiger partial charge in [0.15, 0.2) is 0 Å². The van der Waals surface area contributed by atoms with Gasteiger partial charge in [0, 0.05) is 23.3 Å². The Morgan fingerprint density at radius 1 is 1.04 bits per heavy atom. The highest BCUT2D eigenvalue weighted by Gasteiger charge is 2.18. The van der Waals surface area contributed by atoms with Crippen molar-refractivity contribution in [1.82, 2.24) is 20.6 Å². The van der Waals surface area contributed by atoms with E-state index in [4.69, 9.17) is 0 Å². The second-order valence-corrected chi connectivity index (χ2v) is 8.14. The molecular formula is C16H22N4O2S2. The van der Waals surface area contributed by atoms with Gasteiger partial charge >= 0.3 is 0 Å². The first-order chi connectivity index (χ1) is 11.3. The minimum Gasteiger partial charge on any atom is -0.349 e. The van der Waals surface area contributed by atoms with Gasteiger partial charge in [-0.25, -0.2) is 9.97 Å². The zero-order valence-corrected chi connectivity index (χ0v) is 15.9. The van der Waals surface area contributed by atoms with Crippen molar-refractivity contribution in [3.05, 3.63) is 32.2 Å². The van der Waals surface area contributed by atoms with Crippen molar-refractivity contribution >= 4 is 34.5 Å². The molecule has 0 fully saturated rings. The van der Waals surface area contributed by atoms with Crippen LogP contribution in [0.15, 0.2) is 10.8 Å². The zero-order chi connectivity index (χ0) is 17.7. The zero-order valence-electron chi connectivity index (χ0n) is 14.3. The molecule has 0 spiro atoms. The number of aromatic nitrogens is 2. The first kappa shape index (κ1) is 18.5. The Morgan fingerprint density at radius 3 is 2.04 bits per heavy atom. The smallest absolute Gasteiger partial charge is 0.271 e. The van der Waals surface area contributed by atoms with Gasteiger partial charge in [-0.15, -0.1) is 22.7 Å². The van der Waals surface area contributed by atoms with E-state index >= 15 is 0 Å². The van der Waals surface area contributed by atoms with Crippen LogP contribution in [0.4, 0.5) is 0 Å². The van der Waals surface area contributed by atoms with Gasteiger partial charge in [0.2, 0.25) is 0 Å². The molecule has 6 nitrogen and oxygen atoms in total. The molecule has 0 saturated heterocycles. The summed E-state index contributed by atoms with van der Waals surface area (Å²) in [7, 11) is 0. The number of nitrogens with one attached hydrogen (secondary N) is 2. The normalized spacial score (nSPS) is 12.2. The van der Waals surface area contributed by atoms with Gasteiger partial charge in [-0.2, -0.15) is 0 Å². The summed E-state index contributed by atoms with van der Waals surface area (Å²) in [5, 5.41) is 11.0. The fourth-order valence-corrected chi connectivity index (χ4v) is 3.45. The van der Waals surface area contributed by atoms with Crippen LogP contribution in [0.5, 0.6) is 0 Å². The highest BCUT2D eigenvalue weighted by Crippen LogP contribution is 2.11. The van der Waals surface area contributed by atoms with Crippen molar-refractivity contribution in [1.29, 1.82) is 0 Å². The molecule has 24 heavy (non-hydrogen) atoms. The van der Waals surface area contributed by atoms with E-state index in [9.17, 15) is 9.59 Å². The van der Waals surface area contributed by atoms with Gasteiger partial charge in [-0.3, -0.25) is 9.59 Å². The van der Waals surface area contributed by atoms with Crippen molar-refractivity contribution in [2.75, 3.05) is 6.54 Å². The maximum absolute atomic E-state index is 12.3. The van der Waals surface area contributed by atoms with E-state index in [-0.39, 0.29) is 17.9 Å². The first-order valence-electron chi connectivity index (χ1n) is 7.78. The summed E-state index contributed by atoms with van der Waals surface area (Å²) in [4.78, 5) is 32.8. The summed E-state index contributed by atoms with van der Waals surface area (Å²) in [5.74, 6) is -0.0264. The van der Waals surface area contributed by atoms with Gasteiger partial charge in [0.1, 0.15) is 11.4 Å². The summed E-state index contributed by atoms with van der Waals surface area (Å²) < 4.78 is 0. The molecule has 2 N–H and O–H groups in total. The Morgan fingerprint density at radius 2 is 1.58 bits per heavy atom. The molecular weight excluding hydrogens is 344 g/mol. The number of thiazole rings is 2. The van der Waals surface area contributed by atoms with Gasteiger partial charge in [-0.1, -0.05) is 13.8 Å². The van der Waals surface area contributed by atoms with E-state index in [0.717, 1.165) is 16.4 Å². The topological polar surface area (TPSA) is 84.0 Å². The second-order valence-electron chi connectivity index (χ2n) is 6.01. The average Bonchev–Trinajstić information content (AvgIpc) is 3.12. The number of hydrogen-bond donors (Lipinski definition) is 2. The van der Waals surface area contributed by atoms with Crippen molar-refractivity contribution in [2.24, 2.45) is 5.92 Å². The molecule has 2 heterocycles. The minimum absolute atomic E-state index is 0.150. The molecule has 1 atom stereocenters. The van der Waals surface area contributed by atoms with E-state index in [0.29, 0.717) is 23.9 Å². The lowest BCUT2D eigenvalue weighted by molar-refractivity contribution is 0.0899. The number of carbonyl (C=O) groups excluding carboxylic acids is 2. The highest BCUT2D eigenvalue weighted by molar-refractivity contribution is 7.10. The lowest BCUT2D eigenvalue weighted by atomic mass is 10.0. The molecule has 0 saturated carbocycles. The van der Waals surface area contributed by atoms with E-state index in [1.54, 1.807) is 10.8 Å². The van der Waals surface area contributed by atoms with Crippen LogP contribution in [-0.4, -0.2) is 34.4 Å². The predicted octanol–water partition coefficient (Wildman–Crippen LogP) is 2.79. The molecule has 0 aromatic carbocycles. The summed E-state index contributed by atoms with van der Waals surface area (Å²) in [6.07, 6.45) is 0.769. The summed E-state index contributed by atoms with van der Waals surface area (Å²) in [6, 6.07) is -0.150. The van der Waals surface area contributed by atoms with Crippen LogP contribution in [0.3, 0.4) is 0 Å². The second kappa shape index (κ2) is 8.34. The Labute approximate surface area is 149 Å². The lowest BCUT2D eigenvalue weighted by Gasteiger charge is -2.20. The Kier molecular flexibility index (Phi) is 6.44. The van der Waals surface area contributed by atoms with Crippen LogP contribution in [-0.2, 0) is 0 Å². The SMILES string of the molecule is Cc1nc(C(=O)NCC(CC(C)C)NC(=O)c2csc(C)n2)cs1. The Balaban J connectivity index is 1.95. The fourth-order valence-electron chi connectivity index (χ4n) is 2.26. The molecule has 0 bridgehead atoms. The molecule has 2 amide bonds. The monoisotopic (exact) mass is 366 g/mol. The van der Waals surface area contributed by atoms with Gasteiger partial charge in [0.25, 0.3) is 11.8 Å². The Hall–Kier alpha value is -1.80. The standard InChI is InChI=1S/C16H22N4O2S2/c1-9(2)5-12(20-16(22)14-8-24-11(4)19-14)6-17-15(21)13-7-23-10(3)18-13/h7-9,12H,5-6H2,1-4H3,(H,17,21)(H,20,22). The van der Waals surface area contributed by atoms with Crippen molar-refractivity contribution in [3.63, 3.8) is 0 Å². The number of rotatable bonds is 7. The molecule has 0 aliphatic rings. The molecule has 1 unspecified atom stereocenters. The first-order valence-corrected chi connectivity index (χ1v) is 9.54. The third kappa shape index (κ3) is 5.38. The molecule has 0 radical (unpaired) electrons. The maximum Gasteiger partial charge on any atom is 0.271 e. The molecule has 2 aromatic rings. The van der Waals surface area contributed by atoms with Crippen molar-refractivity contribution in [2.45, 2.75) is 40.2 Å². The number of aryl methyl sites for hydroxylation is 2. The lowest BCUT2D eigenvalue weighted by Crippen LogP contribution is -2.44. The predicted molar refractivity (Wildman–Crippen MR) is 96.7 cm³/mol. The quantitative estimate of drug-likeness (QED) is 0.789. The molecule has 8 heteroatoms. The van der Waals surface area contributed by atoms with E-state index in [1.807, 2.05) is 13.8 Å². The summed E-state index contributed by atoms with van der Waals surface area (Å²) in [5.41, 5.74) is 0.843. The third-order valence-corrected chi connectivity index (χ3v) is 4.85. The molecule has 2 rings (SSSR count). The number of carbonyl (C=O) groups is 2. The van der Waals surface area contributed by atoms with Crippen LogP contribution in [0.25, 0.3) is 0 Å². The van der Waals surface area contributed by atoms with Crippen LogP contribution in [0.2, 0.25) is 0 Å². The van der Waals surface area contributed by atoms with Crippen molar-refractivity contribution in [3.8, 4) is 0 Å². The largest absolute Gasteiger partial charge is 0.349 e. The molecule has 0 aliphatic heterocycles. The van der Waals surface area contributed by atoms with Gasteiger partial charge in [0.05, 0.1) is 10.0 Å². The average molecular weight is 367 g/mol. The van der Waals surface area contributed by atoms with Gasteiger partial charge < -0.3 is 10.6 Å². The van der Waals surface area contributed by atoms with Gasteiger partial charge in [-0.05, 0) is 26.2 Å². The minimum atomic E-state index is -0.216. The van der Waals surface area contributed by atoms with Crippen molar-refractivity contribution < 1.29 is 9.59 Å². The van der Waals surface area contributed by atoms with E-state index < -0.39 is 0 Å². The molecule has 130 valence electrons. The van der Waals surface area contributed by atoms with Crippen LogP contribution in [0, 0.1) is 19.8 Å². The number of nitrogens with zero attached hydrogens (tertiary/aromatic N) is 2. The van der Waals surface area contributed by atoms with E-state index in [1.165, 1.54) is 22.7 Å². The molecule has 2 aromatic heterocycles. The van der Waals surface area contributed by atoms with E-state index in [2.05, 4.69) is 34.4 Å². The summed E-state index contributed by atoms with van der Waals surface area (Å²) in [6.45, 7) is 8.25. The van der Waals surface area contributed by atoms with Crippen LogP contribution < -0.4 is 10.6 Å². The summed E-state index contributed by atoms with van der Waals surface area (Å²) >= 11 is 2.88. The van der Waals surface area contributed by atoms with Crippen LogP contribution in [0.1, 0.15) is 51.3 Å². The number of hydrogen-bond acceptors (Lipinski definition) is 6. The number of amides is 2. The highest BCUT2D eigenvalue weighted by atomic mass is 32.1. The Bertz CT molecular complexity index is 709. The molecule has 0 aliphatic carbocycles. The fraction of sp³-hybridized carbons (Fsp3) is 0.500. The van der Waals surface area contributed by atoms with Crippen LogP contribution >= 0.6 is 22.7 Å².